The highest BCUT2D eigenvalue weighted by atomic mass is 16.2. The lowest BCUT2D eigenvalue weighted by Gasteiger charge is -2.30. The Morgan fingerprint density at radius 3 is 2.13 bits per heavy atom. The van der Waals surface area contributed by atoms with Gasteiger partial charge in [0.25, 0.3) is 0 Å². The van der Waals surface area contributed by atoms with E-state index in [2.05, 4.69) is 0 Å². The number of carbonyl (C=O) groups excluding carboxylic acids is 1. The zero-order chi connectivity index (χ0) is 11.1. The van der Waals surface area contributed by atoms with Crippen LogP contribution in [0.3, 0.4) is 0 Å². The van der Waals surface area contributed by atoms with Gasteiger partial charge in [-0.2, -0.15) is 10.5 Å². The molecule has 0 aromatic carbocycles. The van der Waals surface area contributed by atoms with Crippen LogP contribution in [0.5, 0.6) is 0 Å². The summed E-state index contributed by atoms with van der Waals surface area (Å²) in [6, 6.07) is 3.62. The molecule has 1 saturated heterocycles. The van der Waals surface area contributed by atoms with Crippen LogP contribution in [0.4, 0.5) is 4.79 Å². The van der Waals surface area contributed by atoms with Crippen LogP contribution in [0.1, 0.15) is 19.3 Å². The van der Waals surface area contributed by atoms with Gasteiger partial charge < -0.3 is 4.90 Å². The predicted molar refractivity (Wildman–Crippen MR) is 53.6 cm³/mol. The van der Waals surface area contributed by atoms with E-state index >= 15 is 0 Å². The van der Waals surface area contributed by atoms with Gasteiger partial charge in [-0.3, -0.25) is 4.90 Å². The van der Waals surface area contributed by atoms with Crippen molar-refractivity contribution in [2.24, 2.45) is 0 Å². The second-order valence-electron chi connectivity index (χ2n) is 3.50. The summed E-state index contributed by atoms with van der Waals surface area (Å²) >= 11 is 0. The number of hydrogen-bond donors (Lipinski definition) is 0. The van der Waals surface area contributed by atoms with Crippen molar-refractivity contribution in [2.45, 2.75) is 19.3 Å². The van der Waals surface area contributed by atoms with Crippen molar-refractivity contribution in [2.75, 3.05) is 26.2 Å². The molecule has 1 aliphatic rings. The summed E-state index contributed by atoms with van der Waals surface area (Å²) in [5.74, 6) is 0. The van der Waals surface area contributed by atoms with Gasteiger partial charge in [0.1, 0.15) is 13.1 Å². The Hall–Kier alpha value is -1.75. The summed E-state index contributed by atoms with van der Waals surface area (Å²) in [5, 5.41) is 17.1. The van der Waals surface area contributed by atoms with E-state index in [-0.39, 0.29) is 19.1 Å². The second-order valence-corrected chi connectivity index (χ2v) is 3.50. The van der Waals surface area contributed by atoms with Gasteiger partial charge in [-0.25, -0.2) is 4.79 Å². The second kappa shape index (κ2) is 5.87. The van der Waals surface area contributed by atoms with Crippen molar-refractivity contribution in [3.05, 3.63) is 0 Å². The minimum atomic E-state index is -0.183. The molecule has 15 heavy (non-hydrogen) atoms. The number of rotatable bonds is 2. The molecule has 5 nitrogen and oxygen atoms in total. The molecule has 0 aliphatic carbocycles. The van der Waals surface area contributed by atoms with Gasteiger partial charge in [-0.05, 0) is 19.3 Å². The molecule has 1 fully saturated rings. The third-order valence-corrected chi connectivity index (χ3v) is 2.42. The first-order valence-corrected chi connectivity index (χ1v) is 5.07. The number of urea groups is 1. The average molecular weight is 206 g/mol. The van der Waals surface area contributed by atoms with Crippen molar-refractivity contribution < 1.29 is 4.79 Å². The molecule has 0 radical (unpaired) electrons. The Morgan fingerprint density at radius 1 is 1.13 bits per heavy atom. The van der Waals surface area contributed by atoms with Crippen LogP contribution in [0.15, 0.2) is 0 Å². The molecule has 0 saturated carbocycles. The van der Waals surface area contributed by atoms with Crippen LogP contribution in [0.25, 0.3) is 0 Å². The minimum absolute atomic E-state index is 0.0110. The first-order chi connectivity index (χ1) is 7.29. The Kier molecular flexibility index (Phi) is 4.43. The number of nitrogens with zero attached hydrogens (tertiary/aromatic N) is 4. The molecule has 1 aliphatic heterocycles. The lowest BCUT2D eigenvalue weighted by atomic mass is 10.1. The van der Waals surface area contributed by atoms with Gasteiger partial charge in [0.15, 0.2) is 0 Å². The molecule has 5 heteroatoms. The van der Waals surface area contributed by atoms with Crippen molar-refractivity contribution in [3.63, 3.8) is 0 Å². The van der Waals surface area contributed by atoms with Gasteiger partial charge in [0.2, 0.25) is 0 Å². The highest BCUT2D eigenvalue weighted by molar-refractivity contribution is 5.75. The fourth-order valence-corrected chi connectivity index (χ4v) is 1.65. The summed E-state index contributed by atoms with van der Waals surface area (Å²) in [5.41, 5.74) is 0. The monoisotopic (exact) mass is 206 g/mol. The van der Waals surface area contributed by atoms with Gasteiger partial charge in [-0.15, -0.1) is 0 Å². The number of amides is 2. The molecule has 0 N–H and O–H groups in total. The molecule has 0 aromatic rings. The maximum Gasteiger partial charge on any atom is 0.321 e. The molecule has 0 aromatic heterocycles. The molecule has 2 amide bonds. The van der Waals surface area contributed by atoms with Crippen molar-refractivity contribution in [3.8, 4) is 12.1 Å². The quantitative estimate of drug-likeness (QED) is 0.631. The minimum Gasteiger partial charge on any atom is -0.325 e. The average Bonchev–Trinajstić information content (AvgIpc) is 2.29. The number of hydrogen-bond acceptors (Lipinski definition) is 3. The molecular formula is C10H14N4O. The molecule has 0 bridgehead atoms. The fraction of sp³-hybridized carbons (Fsp3) is 0.700. The lowest BCUT2D eigenvalue weighted by molar-refractivity contribution is 0.153. The predicted octanol–water partition coefficient (Wildman–Crippen LogP) is 0.941. The van der Waals surface area contributed by atoms with E-state index in [1.165, 1.54) is 4.90 Å². The van der Waals surface area contributed by atoms with Crippen molar-refractivity contribution >= 4 is 6.03 Å². The molecule has 0 unspecified atom stereocenters. The summed E-state index contributed by atoms with van der Waals surface area (Å²) in [4.78, 5) is 14.8. The third-order valence-electron chi connectivity index (χ3n) is 2.42. The largest absolute Gasteiger partial charge is 0.325 e. The van der Waals surface area contributed by atoms with Gasteiger partial charge in [0, 0.05) is 13.1 Å². The van der Waals surface area contributed by atoms with Crippen molar-refractivity contribution in [1.29, 1.82) is 10.5 Å². The molecule has 1 heterocycles. The Morgan fingerprint density at radius 2 is 1.67 bits per heavy atom. The van der Waals surface area contributed by atoms with E-state index in [0.717, 1.165) is 32.4 Å². The summed E-state index contributed by atoms with van der Waals surface area (Å²) in [6.45, 7) is 1.46. The van der Waals surface area contributed by atoms with E-state index in [4.69, 9.17) is 10.5 Å². The van der Waals surface area contributed by atoms with E-state index in [1.807, 2.05) is 12.1 Å². The van der Waals surface area contributed by atoms with E-state index in [0.29, 0.717) is 0 Å². The van der Waals surface area contributed by atoms with Crippen LogP contribution >= 0.6 is 0 Å². The maximum absolute atomic E-state index is 11.8. The third kappa shape index (κ3) is 3.14. The summed E-state index contributed by atoms with van der Waals surface area (Å²) in [6.07, 6.45) is 3.18. The number of piperidine rings is 1. The Balaban J connectivity index is 2.54. The van der Waals surface area contributed by atoms with Crippen molar-refractivity contribution in [1.82, 2.24) is 9.80 Å². The molecule has 80 valence electrons. The molecule has 0 atom stereocenters. The fourth-order valence-electron chi connectivity index (χ4n) is 1.65. The van der Waals surface area contributed by atoms with Gasteiger partial charge >= 0.3 is 6.03 Å². The van der Waals surface area contributed by atoms with Crippen LogP contribution in [-0.4, -0.2) is 42.0 Å². The smallest absolute Gasteiger partial charge is 0.321 e. The summed E-state index contributed by atoms with van der Waals surface area (Å²) in [7, 11) is 0. The standard InChI is InChI=1S/C10H14N4O/c11-4-8-14(9-5-12)10(15)13-6-2-1-3-7-13/h1-3,6-9H2. The number of nitriles is 2. The highest BCUT2D eigenvalue weighted by Gasteiger charge is 2.21. The lowest BCUT2D eigenvalue weighted by Crippen LogP contribution is -2.45. The van der Waals surface area contributed by atoms with Gasteiger partial charge in [-0.1, -0.05) is 0 Å². The normalized spacial score (nSPS) is 15.2. The number of carbonyl (C=O) groups is 1. The van der Waals surface area contributed by atoms with E-state index in [9.17, 15) is 4.79 Å². The number of likely N-dealkylation sites (tertiary alicyclic amines) is 1. The maximum atomic E-state index is 11.8. The zero-order valence-electron chi connectivity index (χ0n) is 8.65. The first kappa shape index (κ1) is 11.3. The van der Waals surface area contributed by atoms with Crippen LogP contribution in [0, 0.1) is 22.7 Å². The van der Waals surface area contributed by atoms with E-state index in [1.54, 1.807) is 4.90 Å². The van der Waals surface area contributed by atoms with Crippen LogP contribution in [-0.2, 0) is 0 Å². The summed E-state index contributed by atoms with van der Waals surface area (Å²) < 4.78 is 0. The Labute approximate surface area is 89.5 Å². The topological polar surface area (TPSA) is 71.1 Å². The van der Waals surface area contributed by atoms with Crippen LogP contribution in [0.2, 0.25) is 0 Å². The van der Waals surface area contributed by atoms with Crippen LogP contribution < -0.4 is 0 Å². The van der Waals surface area contributed by atoms with E-state index < -0.39 is 0 Å². The van der Waals surface area contributed by atoms with Gasteiger partial charge in [0.05, 0.1) is 12.1 Å². The molecule has 0 spiro atoms. The molecular weight excluding hydrogens is 192 g/mol. The SMILES string of the molecule is N#CCN(CC#N)C(=O)N1CCCCC1. The zero-order valence-corrected chi connectivity index (χ0v) is 8.65. The first-order valence-electron chi connectivity index (χ1n) is 5.07. The highest BCUT2D eigenvalue weighted by Crippen LogP contribution is 2.10. The Bertz CT molecular complexity index is 280. The molecule has 1 rings (SSSR count).